The smallest absolute Gasteiger partial charge is 0.260 e. The Hall–Kier alpha value is -4.26. The third kappa shape index (κ3) is 4.09. The predicted molar refractivity (Wildman–Crippen MR) is 161 cm³/mol. The van der Waals surface area contributed by atoms with E-state index in [9.17, 15) is 14.7 Å². The van der Waals surface area contributed by atoms with Crippen LogP contribution in [0, 0.1) is 5.92 Å². The van der Waals surface area contributed by atoms with Crippen molar-refractivity contribution in [2.24, 2.45) is 5.92 Å². The van der Waals surface area contributed by atoms with E-state index in [2.05, 4.69) is 12.0 Å². The molecule has 6 rings (SSSR count). The number of fused-ring (bicyclic) bond motifs is 2. The number of phenolic OH excluding ortho intramolecular Hbond substituents is 1. The number of halogens is 2. The van der Waals surface area contributed by atoms with Crippen LogP contribution < -0.4 is 10.2 Å². The van der Waals surface area contributed by atoms with Gasteiger partial charge in [-0.25, -0.2) is 0 Å². The third-order valence-corrected chi connectivity index (χ3v) is 8.75. The number of phenols is 1. The maximum atomic E-state index is 14.9. The van der Waals surface area contributed by atoms with E-state index in [1.165, 1.54) is 6.07 Å². The van der Waals surface area contributed by atoms with E-state index < -0.39 is 29.1 Å². The van der Waals surface area contributed by atoms with Crippen molar-refractivity contribution in [1.29, 1.82) is 0 Å². The SMILES string of the molecule is C=CC1=CCC2C(=O)N(Nc3ccc(Cl)cc3Cl)C(=O)C2(c2ccc(OC)cc2)C1c1c(O)ccc2ccccc12. The van der Waals surface area contributed by atoms with Crippen LogP contribution in [0.2, 0.25) is 10.0 Å². The maximum absolute atomic E-state index is 14.9. The number of aromatic hydroxyl groups is 1. The molecule has 0 aromatic heterocycles. The standard InChI is InChI=1S/C33H26Cl2N2O4/c1-3-19-8-15-25-31(39)37(36-27-16-12-22(34)18-26(27)35)32(40)33(25,21-10-13-23(41-2)14-11-21)30(19)29-24-7-5-4-6-20(24)9-17-28(29)38/h3-14,16-18,25,30,36,38H,1,15H2,2H3. The summed E-state index contributed by atoms with van der Waals surface area (Å²) in [6.07, 6.45) is 3.94. The molecule has 0 saturated carbocycles. The number of rotatable bonds is 6. The van der Waals surface area contributed by atoms with Gasteiger partial charge in [-0.3, -0.25) is 15.0 Å². The summed E-state index contributed by atoms with van der Waals surface area (Å²) >= 11 is 12.5. The Kier molecular flexibility index (Phi) is 6.76. The van der Waals surface area contributed by atoms with E-state index >= 15 is 0 Å². The van der Waals surface area contributed by atoms with E-state index in [-0.39, 0.29) is 10.8 Å². The molecule has 1 fully saturated rings. The third-order valence-electron chi connectivity index (χ3n) is 8.21. The molecule has 2 amide bonds. The van der Waals surface area contributed by atoms with E-state index in [0.29, 0.717) is 34.0 Å². The van der Waals surface area contributed by atoms with Gasteiger partial charge in [0.05, 0.1) is 29.2 Å². The molecule has 2 aliphatic rings. The first-order chi connectivity index (χ1) is 19.8. The first kappa shape index (κ1) is 26.9. The van der Waals surface area contributed by atoms with Gasteiger partial charge in [-0.2, -0.15) is 5.01 Å². The molecule has 4 aromatic carbocycles. The van der Waals surface area contributed by atoms with Crippen molar-refractivity contribution in [3.63, 3.8) is 0 Å². The van der Waals surface area contributed by atoms with Crippen LogP contribution in [-0.4, -0.2) is 29.0 Å². The van der Waals surface area contributed by atoms with Gasteiger partial charge in [0, 0.05) is 16.5 Å². The van der Waals surface area contributed by atoms with Crippen LogP contribution in [-0.2, 0) is 15.0 Å². The van der Waals surface area contributed by atoms with Gasteiger partial charge in [-0.05, 0) is 64.7 Å². The van der Waals surface area contributed by atoms with Crippen molar-refractivity contribution in [1.82, 2.24) is 5.01 Å². The van der Waals surface area contributed by atoms with Crippen molar-refractivity contribution in [2.45, 2.75) is 17.8 Å². The number of methoxy groups -OCH3 is 1. The molecule has 6 nitrogen and oxygen atoms in total. The summed E-state index contributed by atoms with van der Waals surface area (Å²) in [6.45, 7) is 4.06. The Morgan fingerprint density at radius 2 is 1.80 bits per heavy atom. The van der Waals surface area contributed by atoms with Gasteiger partial charge in [0.25, 0.3) is 11.8 Å². The average molecular weight is 585 g/mol. The van der Waals surface area contributed by atoms with Crippen LogP contribution in [0.4, 0.5) is 5.69 Å². The zero-order chi connectivity index (χ0) is 28.9. The molecule has 8 heteroatoms. The topological polar surface area (TPSA) is 78.9 Å². The highest BCUT2D eigenvalue weighted by Crippen LogP contribution is 2.59. The number of ether oxygens (including phenoxy) is 1. The molecule has 206 valence electrons. The van der Waals surface area contributed by atoms with E-state index in [1.807, 2.05) is 48.5 Å². The van der Waals surface area contributed by atoms with Crippen LogP contribution in [0.5, 0.6) is 11.5 Å². The molecular weight excluding hydrogens is 559 g/mol. The van der Waals surface area contributed by atoms with Gasteiger partial charge in [0.2, 0.25) is 0 Å². The summed E-state index contributed by atoms with van der Waals surface area (Å²) < 4.78 is 5.40. The number of nitrogens with zero attached hydrogens (tertiary/aromatic N) is 1. The summed E-state index contributed by atoms with van der Waals surface area (Å²) in [7, 11) is 1.57. The number of benzene rings is 4. The quantitative estimate of drug-likeness (QED) is 0.231. The molecule has 1 aliphatic carbocycles. The summed E-state index contributed by atoms with van der Waals surface area (Å²) in [5.74, 6) is -1.74. The second-order valence-corrected chi connectivity index (χ2v) is 11.0. The molecule has 3 unspecified atom stereocenters. The Balaban J connectivity index is 1.63. The number of amides is 2. The normalized spacial score (nSPS) is 21.9. The minimum Gasteiger partial charge on any atom is -0.508 e. The molecule has 1 aliphatic heterocycles. The lowest BCUT2D eigenvalue weighted by Crippen LogP contribution is -2.48. The number of hydrazine groups is 1. The lowest BCUT2D eigenvalue weighted by Gasteiger charge is -2.43. The highest BCUT2D eigenvalue weighted by molar-refractivity contribution is 6.36. The summed E-state index contributed by atoms with van der Waals surface area (Å²) in [5.41, 5.74) is 3.84. The second kappa shape index (κ2) is 10.3. The zero-order valence-corrected chi connectivity index (χ0v) is 23.6. The van der Waals surface area contributed by atoms with Gasteiger partial charge in [0.15, 0.2) is 0 Å². The van der Waals surface area contributed by atoms with E-state index in [0.717, 1.165) is 21.4 Å². The van der Waals surface area contributed by atoms with Crippen molar-refractivity contribution in [3.8, 4) is 11.5 Å². The summed E-state index contributed by atoms with van der Waals surface area (Å²) in [6, 6.07) is 23.1. The van der Waals surface area contributed by atoms with Crippen molar-refractivity contribution >= 4 is 51.5 Å². The largest absolute Gasteiger partial charge is 0.508 e. The molecule has 1 heterocycles. The Morgan fingerprint density at radius 1 is 1.05 bits per heavy atom. The number of hydrogen-bond acceptors (Lipinski definition) is 5. The molecule has 4 aromatic rings. The molecular formula is C33H26Cl2N2O4. The zero-order valence-electron chi connectivity index (χ0n) is 22.1. The Labute approximate surface area is 247 Å². The number of nitrogens with one attached hydrogen (secondary N) is 1. The molecule has 0 radical (unpaired) electrons. The molecule has 1 saturated heterocycles. The van der Waals surface area contributed by atoms with Crippen LogP contribution in [0.25, 0.3) is 10.8 Å². The van der Waals surface area contributed by atoms with Crippen molar-refractivity contribution < 1.29 is 19.4 Å². The number of imide groups is 1. The second-order valence-electron chi connectivity index (χ2n) is 10.2. The fourth-order valence-corrected chi connectivity index (χ4v) is 6.83. The van der Waals surface area contributed by atoms with Gasteiger partial charge < -0.3 is 9.84 Å². The lowest BCUT2D eigenvalue weighted by atomic mass is 9.55. The minimum atomic E-state index is -1.42. The molecule has 3 atom stereocenters. The number of allylic oxidation sites excluding steroid dienone is 3. The fraction of sp³-hybridized carbons (Fsp3) is 0.152. The lowest BCUT2D eigenvalue weighted by molar-refractivity contribution is -0.138. The highest BCUT2D eigenvalue weighted by atomic mass is 35.5. The van der Waals surface area contributed by atoms with Gasteiger partial charge in [-0.15, -0.1) is 0 Å². The molecule has 0 bridgehead atoms. The van der Waals surface area contributed by atoms with E-state index in [4.69, 9.17) is 27.9 Å². The first-order valence-corrected chi connectivity index (χ1v) is 13.8. The number of carbonyl (C=O) groups is 2. The van der Waals surface area contributed by atoms with Crippen LogP contribution >= 0.6 is 23.2 Å². The number of carbonyl (C=O) groups excluding carboxylic acids is 2. The number of anilines is 1. The summed E-state index contributed by atoms with van der Waals surface area (Å²) in [5, 5.41) is 14.8. The van der Waals surface area contributed by atoms with Gasteiger partial charge in [-0.1, -0.05) is 84.4 Å². The van der Waals surface area contributed by atoms with Crippen LogP contribution in [0.1, 0.15) is 23.5 Å². The fourth-order valence-electron chi connectivity index (χ4n) is 6.38. The maximum Gasteiger partial charge on any atom is 0.260 e. The van der Waals surface area contributed by atoms with Crippen LogP contribution in [0.15, 0.2) is 103 Å². The first-order valence-electron chi connectivity index (χ1n) is 13.1. The Morgan fingerprint density at radius 3 is 2.51 bits per heavy atom. The Bertz CT molecular complexity index is 1750. The molecule has 0 spiro atoms. The highest BCUT2D eigenvalue weighted by Gasteiger charge is 2.66. The van der Waals surface area contributed by atoms with Gasteiger partial charge >= 0.3 is 0 Å². The summed E-state index contributed by atoms with van der Waals surface area (Å²) in [4.78, 5) is 29.1. The molecule has 2 N–H and O–H groups in total. The monoisotopic (exact) mass is 584 g/mol. The van der Waals surface area contributed by atoms with Crippen LogP contribution in [0.3, 0.4) is 0 Å². The minimum absolute atomic E-state index is 0.0300. The van der Waals surface area contributed by atoms with E-state index in [1.54, 1.807) is 43.5 Å². The number of hydrogen-bond donors (Lipinski definition) is 2. The average Bonchev–Trinajstić information content (AvgIpc) is 3.20. The van der Waals surface area contributed by atoms with Gasteiger partial charge in [0.1, 0.15) is 11.5 Å². The predicted octanol–water partition coefficient (Wildman–Crippen LogP) is 7.41. The van der Waals surface area contributed by atoms with Crippen molar-refractivity contribution in [3.05, 3.63) is 124 Å². The molecule has 41 heavy (non-hydrogen) atoms. The van der Waals surface area contributed by atoms with Crippen molar-refractivity contribution in [2.75, 3.05) is 12.5 Å².